The molecule has 0 radical (unpaired) electrons. The van der Waals surface area contributed by atoms with Crippen LogP contribution >= 0.6 is 0 Å². The van der Waals surface area contributed by atoms with E-state index in [1.807, 2.05) is 18.2 Å². The molecule has 0 spiro atoms. The molecule has 3 heteroatoms. The van der Waals surface area contributed by atoms with Gasteiger partial charge in [-0.25, -0.2) is 0 Å². The van der Waals surface area contributed by atoms with Crippen molar-refractivity contribution < 1.29 is 9.47 Å². The summed E-state index contributed by atoms with van der Waals surface area (Å²) in [6, 6.07) is 5.82. The third-order valence-electron chi connectivity index (χ3n) is 4.57. The average Bonchev–Trinajstić information content (AvgIpc) is 2.76. The fourth-order valence-electron chi connectivity index (χ4n) is 3.43. The second-order valence-corrected chi connectivity index (χ2v) is 6.09. The third-order valence-corrected chi connectivity index (χ3v) is 4.57. The standard InChI is InChI=1S/C16H25NO2/c1-16(2)10-6-7-11(16)15(17)14-12(18-3)8-5-9-13(14)19-4/h5,8-9,11,15H,6-7,10,17H2,1-4H3. The van der Waals surface area contributed by atoms with Gasteiger partial charge in [0.1, 0.15) is 11.5 Å². The fraction of sp³-hybridized carbons (Fsp3) is 0.625. The van der Waals surface area contributed by atoms with E-state index in [1.165, 1.54) is 19.3 Å². The molecule has 3 nitrogen and oxygen atoms in total. The summed E-state index contributed by atoms with van der Waals surface area (Å²) >= 11 is 0. The Kier molecular flexibility index (Phi) is 4.04. The highest BCUT2D eigenvalue weighted by molar-refractivity contribution is 5.47. The quantitative estimate of drug-likeness (QED) is 0.903. The third kappa shape index (κ3) is 2.57. The topological polar surface area (TPSA) is 44.5 Å². The number of ether oxygens (including phenoxy) is 2. The highest BCUT2D eigenvalue weighted by Crippen LogP contribution is 2.50. The molecule has 1 fully saturated rings. The zero-order valence-corrected chi connectivity index (χ0v) is 12.4. The average molecular weight is 263 g/mol. The molecule has 0 amide bonds. The maximum atomic E-state index is 6.57. The summed E-state index contributed by atoms with van der Waals surface area (Å²) in [5.74, 6) is 2.13. The lowest BCUT2D eigenvalue weighted by molar-refractivity contribution is 0.216. The van der Waals surface area contributed by atoms with Gasteiger partial charge in [-0.15, -0.1) is 0 Å². The molecule has 0 saturated heterocycles. The molecule has 1 saturated carbocycles. The first-order valence-electron chi connectivity index (χ1n) is 6.97. The van der Waals surface area contributed by atoms with E-state index in [9.17, 15) is 0 Å². The molecule has 2 atom stereocenters. The van der Waals surface area contributed by atoms with Crippen molar-refractivity contribution in [1.82, 2.24) is 0 Å². The summed E-state index contributed by atoms with van der Waals surface area (Å²) < 4.78 is 11.0. The van der Waals surface area contributed by atoms with Crippen LogP contribution in [0.15, 0.2) is 18.2 Å². The Balaban J connectivity index is 2.40. The summed E-state index contributed by atoms with van der Waals surface area (Å²) in [6.45, 7) is 4.62. The van der Waals surface area contributed by atoms with Crippen LogP contribution < -0.4 is 15.2 Å². The van der Waals surface area contributed by atoms with Gasteiger partial charge in [0.2, 0.25) is 0 Å². The molecule has 106 valence electrons. The van der Waals surface area contributed by atoms with Gasteiger partial charge in [0.25, 0.3) is 0 Å². The summed E-state index contributed by atoms with van der Waals surface area (Å²) in [5.41, 5.74) is 7.86. The zero-order chi connectivity index (χ0) is 14.0. The van der Waals surface area contributed by atoms with Crippen molar-refractivity contribution in [3.63, 3.8) is 0 Å². The second-order valence-electron chi connectivity index (χ2n) is 6.09. The molecule has 2 N–H and O–H groups in total. The van der Waals surface area contributed by atoms with Crippen molar-refractivity contribution in [2.45, 2.75) is 39.2 Å². The number of nitrogens with two attached hydrogens (primary N) is 1. The van der Waals surface area contributed by atoms with Crippen molar-refractivity contribution in [2.24, 2.45) is 17.1 Å². The van der Waals surface area contributed by atoms with Gasteiger partial charge in [-0.1, -0.05) is 26.3 Å². The van der Waals surface area contributed by atoms with Gasteiger partial charge in [-0.05, 0) is 36.3 Å². The van der Waals surface area contributed by atoms with Gasteiger partial charge in [-0.3, -0.25) is 0 Å². The predicted molar refractivity (Wildman–Crippen MR) is 77.6 cm³/mol. The summed E-state index contributed by atoms with van der Waals surface area (Å²) in [5, 5.41) is 0. The number of benzene rings is 1. The predicted octanol–water partition coefficient (Wildman–Crippen LogP) is 3.53. The van der Waals surface area contributed by atoms with Crippen molar-refractivity contribution in [1.29, 1.82) is 0 Å². The molecule has 0 aliphatic heterocycles. The Bertz CT molecular complexity index is 420. The van der Waals surface area contributed by atoms with Crippen LogP contribution in [0, 0.1) is 11.3 Å². The lowest BCUT2D eigenvalue weighted by Gasteiger charge is -2.33. The van der Waals surface area contributed by atoms with Gasteiger partial charge >= 0.3 is 0 Å². The van der Waals surface area contributed by atoms with Crippen molar-refractivity contribution in [2.75, 3.05) is 14.2 Å². The summed E-state index contributed by atoms with van der Waals surface area (Å²) in [4.78, 5) is 0. The largest absolute Gasteiger partial charge is 0.496 e. The second kappa shape index (κ2) is 5.41. The van der Waals surface area contributed by atoms with Crippen LogP contribution in [-0.4, -0.2) is 14.2 Å². The van der Waals surface area contributed by atoms with Crippen LogP contribution in [0.5, 0.6) is 11.5 Å². The summed E-state index contributed by atoms with van der Waals surface area (Å²) in [7, 11) is 3.37. The number of hydrogen-bond donors (Lipinski definition) is 1. The molecule has 1 aliphatic carbocycles. The Hall–Kier alpha value is -1.22. The molecular weight excluding hydrogens is 238 g/mol. The van der Waals surface area contributed by atoms with E-state index in [0.717, 1.165) is 17.1 Å². The number of methoxy groups -OCH3 is 2. The van der Waals surface area contributed by atoms with E-state index in [0.29, 0.717) is 5.92 Å². The smallest absolute Gasteiger partial charge is 0.127 e. The van der Waals surface area contributed by atoms with Gasteiger partial charge < -0.3 is 15.2 Å². The Morgan fingerprint density at radius 3 is 2.21 bits per heavy atom. The SMILES string of the molecule is COc1cccc(OC)c1C(N)C1CCCC1(C)C. The summed E-state index contributed by atoms with van der Waals surface area (Å²) in [6.07, 6.45) is 3.67. The lowest BCUT2D eigenvalue weighted by atomic mass is 9.75. The Morgan fingerprint density at radius 2 is 1.79 bits per heavy atom. The normalized spacial score (nSPS) is 23.1. The molecule has 19 heavy (non-hydrogen) atoms. The van der Waals surface area contributed by atoms with E-state index in [2.05, 4.69) is 13.8 Å². The van der Waals surface area contributed by atoms with Gasteiger partial charge in [0.15, 0.2) is 0 Å². The Morgan fingerprint density at radius 1 is 1.21 bits per heavy atom. The molecule has 1 aromatic rings. The highest BCUT2D eigenvalue weighted by atomic mass is 16.5. The highest BCUT2D eigenvalue weighted by Gasteiger charge is 2.40. The van der Waals surface area contributed by atoms with Crippen LogP contribution in [0.2, 0.25) is 0 Å². The maximum Gasteiger partial charge on any atom is 0.127 e. The minimum Gasteiger partial charge on any atom is -0.496 e. The van der Waals surface area contributed by atoms with Crippen LogP contribution in [0.1, 0.15) is 44.7 Å². The van der Waals surface area contributed by atoms with Gasteiger partial charge in [0, 0.05) is 6.04 Å². The Labute approximate surface area is 116 Å². The van der Waals surface area contributed by atoms with Crippen LogP contribution in [0.4, 0.5) is 0 Å². The van der Waals surface area contributed by atoms with Crippen molar-refractivity contribution >= 4 is 0 Å². The monoisotopic (exact) mass is 263 g/mol. The molecule has 2 unspecified atom stereocenters. The van der Waals surface area contributed by atoms with Gasteiger partial charge in [-0.2, -0.15) is 0 Å². The van der Waals surface area contributed by atoms with E-state index < -0.39 is 0 Å². The van der Waals surface area contributed by atoms with Crippen molar-refractivity contribution in [3.05, 3.63) is 23.8 Å². The van der Waals surface area contributed by atoms with E-state index in [1.54, 1.807) is 14.2 Å². The minimum atomic E-state index is -0.0383. The van der Waals surface area contributed by atoms with Crippen molar-refractivity contribution in [3.8, 4) is 11.5 Å². The fourth-order valence-corrected chi connectivity index (χ4v) is 3.43. The molecular formula is C16H25NO2. The molecule has 1 aromatic carbocycles. The van der Waals surface area contributed by atoms with Gasteiger partial charge in [0.05, 0.1) is 19.8 Å². The van der Waals surface area contributed by atoms with E-state index >= 15 is 0 Å². The molecule has 0 bridgehead atoms. The zero-order valence-electron chi connectivity index (χ0n) is 12.4. The van der Waals surface area contributed by atoms with Crippen LogP contribution in [0.3, 0.4) is 0 Å². The minimum absolute atomic E-state index is 0.0383. The molecule has 1 aliphatic rings. The number of hydrogen-bond acceptors (Lipinski definition) is 3. The molecule has 0 heterocycles. The first kappa shape index (κ1) is 14.2. The first-order valence-corrected chi connectivity index (χ1v) is 6.97. The molecule has 2 rings (SSSR count). The molecule has 0 aromatic heterocycles. The van der Waals surface area contributed by atoms with Crippen LogP contribution in [0.25, 0.3) is 0 Å². The van der Waals surface area contributed by atoms with E-state index in [4.69, 9.17) is 15.2 Å². The lowest BCUT2D eigenvalue weighted by Crippen LogP contribution is -2.30. The van der Waals surface area contributed by atoms with Crippen LogP contribution in [-0.2, 0) is 0 Å². The van der Waals surface area contributed by atoms with E-state index in [-0.39, 0.29) is 11.5 Å². The first-order chi connectivity index (χ1) is 9.01. The maximum absolute atomic E-state index is 6.57. The number of rotatable bonds is 4.